The van der Waals surface area contributed by atoms with Crippen molar-refractivity contribution in [2.24, 2.45) is 0 Å². The van der Waals surface area contributed by atoms with Crippen molar-refractivity contribution in [3.63, 3.8) is 0 Å². The Labute approximate surface area is 130 Å². The third-order valence-corrected chi connectivity index (χ3v) is 4.67. The third kappa shape index (κ3) is 2.77. The van der Waals surface area contributed by atoms with Gasteiger partial charge >= 0.3 is 0 Å². The standard InChI is InChI=1S/C17H21N3S/c1-3-6-14-19-15(11(2)17(21)20-14)13-9-4-7-12-8-5-10-18-16(12)13/h5,8,10,13H,3-4,6-7,9H2,1-2H3,(H,19,20,21). The van der Waals surface area contributed by atoms with E-state index in [0.29, 0.717) is 5.92 Å². The van der Waals surface area contributed by atoms with Gasteiger partial charge in [-0.25, -0.2) is 4.98 Å². The number of nitrogens with one attached hydrogen (secondary N) is 1. The summed E-state index contributed by atoms with van der Waals surface area (Å²) in [6, 6.07) is 4.23. The van der Waals surface area contributed by atoms with Crippen LogP contribution in [0.3, 0.4) is 0 Å². The first kappa shape index (κ1) is 14.4. The average molecular weight is 299 g/mol. The highest BCUT2D eigenvalue weighted by molar-refractivity contribution is 7.71. The number of aromatic amines is 1. The van der Waals surface area contributed by atoms with Gasteiger partial charge in [-0.2, -0.15) is 0 Å². The fraction of sp³-hybridized carbons (Fsp3) is 0.471. The van der Waals surface area contributed by atoms with E-state index < -0.39 is 0 Å². The number of H-pyrrole nitrogens is 1. The quantitative estimate of drug-likeness (QED) is 0.861. The average Bonchev–Trinajstić information content (AvgIpc) is 2.50. The summed E-state index contributed by atoms with van der Waals surface area (Å²) < 4.78 is 0.732. The number of hydrogen-bond acceptors (Lipinski definition) is 3. The van der Waals surface area contributed by atoms with Crippen LogP contribution in [-0.4, -0.2) is 15.0 Å². The van der Waals surface area contributed by atoms with Gasteiger partial charge in [-0.15, -0.1) is 0 Å². The third-order valence-electron chi connectivity index (χ3n) is 4.27. The molecule has 0 aliphatic heterocycles. The number of fused-ring (bicyclic) bond motifs is 1. The Bertz CT molecular complexity index is 705. The van der Waals surface area contributed by atoms with E-state index in [1.54, 1.807) is 0 Å². The molecule has 1 atom stereocenters. The Morgan fingerprint density at radius 3 is 3.10 bits per heavy atom. The van der Waals surface area contributed by atoms with E-state index in [9.17, 15) is 0 Å². The number of aromatic nitrogens is 3. The molecule has 2 aromatic rings. The van der Waals surface area contributed by atoms with E-state index in [4.69, 9.17) is 12.2 Å². The van der Waals surface area contributed by atoms with Gasteiger partial charge in [0.05, 0.1) is 5.69 Å². The summed E-state index contributed by atoms with van der Waals surface area (Å²) >= 11 is 5.46. The smallest absolute Gasteiger partial charge is 0.132 e. The van der Waals surface area contributed by atoms with E-state index in [1.807, 2.05) is 12.3 Å². The minimum Gasteiger partial charge on any atom is -0.346 e. The van der Waals surface area contributed by atoms with Crippen LogP contribution in [-0.2, 0) is 12.8 Å². The van der Waals surface area contributed by atoms with E-state index in [2.05, 4.69) is 34.9 Å². The molecule has 3 rings (SSSR count). The lowest BCUT2D eigenvalue weighted by molar-refractivity contribution is 0.579. The normalized spacial score (nSPS) is 17.5. The number of hydrogen-bond donors (Lipinski definition) is 1. The lowest BCUT2D eigenvalue weighted by Crippen LogP contribution is -2.16. The fourth-order valence-electron chi connectivity index (χ4n) is 3.19. The van der Waals surface area contributed by atoms with Crippen molar-refractivity contribution in [2.75, 3.05) is 0 Å². The van der Waals surface area contributed by atoms with Crippen molar-refractivity contribution in [1.29, 1.82) is 0 Å². The molecule has 4 heteroatoms. The SMILES string of the molecule is CCCc1nc(=S)c(C)c(C2CCCc3cccnc32)[nH]1. The molecule has 1 aliphatic carbocycles. The monoisotopic (exact) mass is 299 g/mol. The van der Waals surface area contributed by atoms with Crippen molar-refractivity contribution < 1.29 is 0 Å². The Kier molecular flexibility index (Phi) is 4.15. The van der Waals surface area contributed by atoms with Crippen LogP contribution in [0.25, 0.3) is 0 Å². The summed E-state index contributed by atoms with van der Waals surface area (Å²) in [4.78, 5) is 12.7. The summed E-state index contributed by atoms with van der Waals surface area (Å²) in [7, 11) is 0. The van der Waals surface area contributed by atoms with Crippen molar-refractivity contribution in [3.05, 3.63) is 51.3 Å². The summed E-state index contributed by atoms with van der Waals surface area (Å²) in [5.74, 6) is 1.33. The van der Waals surface area contributed by atoms with Gasteiger partial charge in [-0.3, -0.25) is 4.98 Å². The predicted molar refractivity (Wildman–Crippen MR) is 87.2 cm³/mol. The fourth-order valence-corrected chi connectivity index (χ4v) is 3.41. The van der Waals surface area contributed by atoms with E-state index in [1.165, 1.54) is 23.4 Å². The second-order valence-corrected chi connectivity index (χ2v) is 6.16. The van der Waals surface area contributed by atoms with Crippen molar-refractivity contribution >= 4 is 12.2 Å². The minimum absolute atomic E-state index is 0.329. The zero-order valence-corrected chi connectivity index (χ0v) is 13.5. The molecule has 21 heavy (non-hydrogen) atoms. The van der Waals surface area contributed by atoms with E-state index in [-0.39, 0.29) is 0 Å². The van der Waals surface area contributed by atoms with Gasteiger partial charge in [0, 0.05) is 29.8 Å². The Morgan fingerprint density at radius 2 is 2.29 bits per heavy atom. The van der Waals surface area contributed by atoms with Crippen LogP contribution < -0.4 is 0 Å². The van der Waals surface area contributed by atoms with Gasteiger partial charge in [0.15, 0.2) is 0 Å². The molecule has 0 saturated heterocycles. The molecule has 0 fully saturated rings. The van der Waals surface area contributed by atoms with E-state index >= 15 is 0 Å². The Morgan fingerprint density at radius 1 is 1.43 bits per heavy atom. The van der Waals surface area contributed by atoms with Crippen molar-refractivity contribution in [3.8, 4) is 0 Å². The molecule has 1 unspecified atom stereocenters. The molecular weight excluding hydrogens is 278 g/mol. The summed E-state index contributed by atoms with van der Waals surface area (Å²) in [5.41, 5.74) is 4.92. The van der Waals surface area contributed by atoms with Crippen LogP contribution >= 0.6 is 12.2 Å². The first-order chi connectivity index (χ1) is 10.2. The maximum Gasteiger partial charge on any atom is 0.132 e. The lowest BCUT2D eigenvalue weighted by atomic mass is 9.83. The number of nitrogens with zero attached hydrogens (tertiary/aromatic N) is 2. The number of aryl methyl sites for hydroxylation is 2. The Balaban J connectivity index is 2.11. The number of rotatable bonds is 3. The van der Waals surface area contributed by atoms with Gasteiger partial charge in [0.1, 0.15) is 10.5 Å². The molecule has 0 saturated carbocycles. The first-order valence-corrected chi connectivity index (χ1v) is 8.15. The zero-order valence-electron chi connectivity index (χ0n) is 12.6. The van der Waals surface area contributed by atoms with Gasteiger partial charge < -0.3 is 4.98 Å². The maximum atomic E-state index is 5.46. The summed E-state index contributed by atoms with van der Waals surface area (Å²) in [6.07, 6.45) is 7.38. The van der Waals surface area contributed by atoms with Crippen LogP contribution in [0.4, 0.5) is 0 Å². The summed E-state index contributed by atoms with van der Waals surface area (Å²) in [5, 5.41) is 0. The first-order valence-electron chi connectivity index (χ1n) is 7.74. The Hall–Kier alpha value is -1.55. The number of pyridine rings is 1. The molecule has 0 spiro atoms. The molecule has 2 heterocycles. The minimum atomic E-state index is 0.329. The van der Waals surface area contributed by atoms with Crippen LogP contribution in [0.5, 0.6) is 0 Å². The molecular formula is C17H21N3S. The van der Waals surface area contributed by atoms with Gasteiger partial charge in [-0.05, 0) is 44.2 Å². The van der Waals surface area contributed by atoms with Crippen LogP contribution in [0, 0.1) is 11.6 Å². The molecule has 3 nitrogen and oxygen atoms in total. The zero-order chi connectivity index (χ0) is 14.8. The highest BCUT2D eigenvalue weighted by Gasteiger charge is 2.25. The predicted octanol–water partition coefficient (Wildman–Crippen LogP) is 4.26. The van der Waals surface area contributed by atoms with Crippen molar-refractivity contribution in [2.45, 2.75) is 51.9 Å². The lowest BCUT2D eigenvalue weighted by Gasteiger charge is -2.26. The van der Waals surface area contributed by atoms with Gasteiger partial charge in [0.2, 0.25) is 0 Å². The van der Waals surface area contributed by atoms with Gasteiger partial charge in [0.25, 0.3) is 0 Å². The van der Waals surface area contributed by atoms with Crippen LogP contribution in [0.2, 0.25) is 0 Å². The van der Waals surface area contributed by atoms with Crippen molar-refractivity contribution in [1.82, 2.24) is 15.0 Å². The molecule has 0 amide bonds. The topological polar surface area (TPSA) is 41.6 Å². The second-order valence-electron chi connectivity index (χ2n) is 5.77. The van der Waals surface area contributed by atoms with E-state index in [0.717, 1.165) is 41.7 Å². The van der Waals surface area contributed by atoms with Gasteiger partial charge in [-0.1, -0.05) is 25.2 Å². The molecule has 1 N–H and O–H groups in total. The molecule has 0 aromatic carbocycles. The maximum absolute atomic E-state index is 5.46. The largest absolute Gasteiger partial charge is 0.346 e. The summed E-state index contributed by atoms with van der Waals surface area (Å²) in [6.45, 7) is 4.24. The van der Waals surface area contributed by atoms with Crippen LogP contribution in [0.15, 0.2) is 18.3 Å². The highest BCUT2D eigenvalue weighted by atomic mass is 32.1. The second kappa shape index (κ2) is 6.06. The molecule has 110 valence electrons. The molecule has 0 bridgehead atoms. The highest BCUT2D eigenvalue weighted by Crippen LogP contribution is 2.35. The molecule has 1 aliphatic rings. The van der Waals surface area contributed by atoms with Crippen LogP contribution in [0.1, 0.15) is 60.4 Å². The molecule has 0 radical (unpaired) electrons. The molecule has 2 aromatic heterocycles.